The smallest absolute Gasteiger partial charge is 0.413 e. The summed E-state index contributed by atoms with van der Waals surface area (Å²) in [6.45, 7) is 9.04. The first-order valence-electron chi connectivity index (χ1n) is 13.0. The number of esters is 1. The van der Waals surface area contributed by atoms with Crippen LogP contribution in [0.2, 0.25) is 0 Å². The Labute approximate surface area is 243 Å². The van der Waals surface area contributed by atoms with Crippen LogP contribution in [-0.2, 0) is 14.2 Å². The van der Waals surface area contributed by atoms with E-state index in [1.807, 2.05) is 0 Å². The Morgan fingerprint density at radius 2 is 1.28 bits per heavy atom. The van der Waals surface area contributed by atoms with Crippen LogP contribution < -0.4 is 0 Å². The Hall–Kier alpha value is -5.25. The maximum absolute atomic E-state index is 13.0. The minimum Gasteiger partial charge on any atom is -0.464 e. The second-order valence-corrected chi connectivity index (χ2v) is 10.8. The predicted molar refractivity (Wildman–Crippen MR) is 141 cm³/mol. The van der Waals surface area contributed by atoms with Gasteiger partial charge in [0.05, 0.1) is 13.7 Å². The molecular weight excluding hydrogens is 568 g/mol. The van der Waals surface area contributed by atoms with Crippen molar-refractivity contribution >= 4 is 12.1 Å². The number of nitrogens with zero attached hydrogens (tertiary/aromatic N) is 6. The molecule has 43 heavy (non-hydrogen) atoms. The zero-order chi connectivity index (χ0) is 30.5. The molecule has 0 unspecified atom stereocenters. The molecule has 5 aromatic rings. The molecule has 0 saturated carbocycles. The summed E-state index contributed by atoms with van der Waals surface area (Å²) >= 11 is 0. The predicted octanol–water partition coefficient (Wildman–Crippen LogP) is 5.13. The Balaban J connectivity index is 1.18. The van der Waals surface area contributed by atoms with Crippen molar-refractivity contribution in [1.29, 1.82) is 0 Å². The fourth-order valence-electron chi connectivity index (χ4n) is 4.24. The number of hydrogen-bond acceptors (Lipinski definition) is 15. The van der Waals surface area contributed by atoms with Gasteiger partial charge < -0.3 is 36.3 Å². The highest BCUT2D eigenvalue weighted by atomic mass is 16.6. The molecule has 1 fully saturated rings. The minimum absolute atomic E-state index is 0.00683. The van der Waals surface area contributed by atoms with Crippen LogP contribution in [0.4, 0.5) is 4.79 Å². The number of carbonyl (C=O) groups excluding carboxylic acids is 2. The lowest BCUT2D eigenvalue weighted by Crippen LogP contribution is -2.47. The van der Waals surface area contributed by atoms with E-state index in [4.69, 9.17) is 31.6 Å². The Morgan fingerprint density at radius 3 is 1.81 bits per heavy atom. The molecule has 6 rings (SSSR count). The second-order valence-electron chi connectivity index (χ2n) is 10.8. The molecule has 1 amide bonds. The topological polar surface area (TPSA) is 195 Å². The molecule has 6 heterocycles. The van der Waals surface area contributed by atoms with Crippen LogP contribution in [0.1, 0.15) is 57.0 Å². The van der Waals surface area contributed by atoms with Crippen molar-refractivity contribution in [2.24, 2.45) is 0 Å². The van der Waals surface area contributed by atoms with E-state index < -0.39 is 29.4 Å². The number of amides is 1. The van der Waals surface area contributed by atoms with Gasteiger partial charge in [-0.05, 0) is 34.6 Å². The summed E-state index contributed by atoms with van der Waals surface area (Å²) in [4.78, 5) is 47.6. The number of rotatable bonds is 6. The van der Waals surface area contributed by atoms with E-state index in [-0.39, 0.29) is 64.5 Å². The normalized spacial score (nSPS) is 16.5. The van der Waals surface area contributed by atoms with Crippen molar-refractivity contribution in [1.82, 2.24) is 29.8 Å². The highest BCUT2D eigenvalue weighted by Gasteiger charge is 2.48. The average molecular weight is 595 g/mol. The third-order valence-electron chi connectivity index (χ3n) is 6.17. The van der Waals surface area contributed by atoms with Gasteiger partial charge in [0, 0.05) is 0 Å². The van der Waals surface area contributed by atoms with E-state index in [2.05, 4.69) is 29.7 Å². The van der Waals surface area contributed by atoms with Crippen molar-refractivity contribution in [3.63, 3.8) is 0 Å². The quantitative estimate of drug-likeness (QED) is 0.235. The molecule has 5 aromatic heterocycles. The average Bonchev–Trinajstić information content (AvgIpc) is 3.78. The zero-order valence-corrected chi connectivity index (χ0v) is 23.9. The van der Waals surface area contributed by atoms with E-state index in [0.29, 0.717) is 0 Å². The number of oxazole rings is 5. The second kappa shape index (κ2) is 10.2. The number of ether oxygens (including phenoxy) is 3. The van der Waals surface area contributed by atoms with Crippen LogP contribution in [0.3, 0.4) is 0 Å². The van der Waals surface area contributed by atoms with Gasteiger partial charge in [-0.25, -0.2) is 34.5 Å². The summed E-state index contributed by atoms with van der Waals surface area (Å²) in [7, 11) is 1.24. The molecule has 224 valence electrons. The molecule has 1 aliphatic rings. The Morgan fingerprint density at radius 1 is 0.791 bits per heavy atom. The summed E-state index contributed by atoms with van der Waals surface area (Å²) in [5.41, 5.74) is -0.581. The van der Waals surface area contributed by atoms with Gasteiger partial charge >= 0.3 is 12.1 Å². The van der Waals surface area contributed by atoms with E-state index in [0.717, 1.165) is 6.26 Å². The highest BCUT2D eigenvalue weighted by molar-refractivity contribution is 5.87. The first kappa shape index (κ1) is 27.9. The molecule has 0 spiro atoms. The Bertz CT molecular complexity index is 1780. The lowest BCUT2D eigenvalue weighted by atomic mass is 10.2. The van der Waals surface area contributed by atoms with Crippen LogP contribution in [0, 0.1) is 0 Å². The third kappa shape index (κ3) is 5.39. The summed E-state index contributed by atoms with van der Waals surface area (Å²) in [6.07, 6.45) is 5.94. The van der Waals surface area contributed by atoms with Crippen molar-refractivity contribution in [3.8, 4) is 46.3 Å². The molecule has 0 aliphatic carbocycles. The molecule has 1 atom stereocenters. The monoisotopic (exact) mass is 594 g/mol. The number of methoxy groups -OCH3 is 1. The first-order valence-corrected chi connectivity index (χ1v) is 13.0. The first-order chi connectivity index (χ1) is 20.4. The number of hydrogen-bond donors (Lipinski definition) is 0. The molecule has 0 bridgehead atoms. The van der Waals surface area contributed by atoms with Gasteiger partial charge in [-0.2, -0.15) is 0 Å². The fourth-order valence-corrected chi connectivity index (χ4v) is 4.24. The van der Waals surface area contributed by atoms with Crippen molar-refractivity contribution in [2.45, 2.75) is 52.0 Å². The van der Waals surface area contributed by atoms with E-state index in [9.17, 15) is 9.59 Å². The van der Waals surface area contributed by atoms with Gasteiger partial charge in [0.1, 0.15) is 48.7 Å². The van der Waals surface area contributed by atoms with Crippen LogP contribution in [0.5, 0.6) is 0 Å². The Kier molecular flexibility index (Phi) is 6.64. The largest absolute Gasteiger partial charge is 0.464 e. The van der Waals surface area contributed by atoms with Crippen LogP contribution in [0.15, 0.2) is 53.4 Å². The summed E-state index contributed by atoms with van der Waals surface area (Å²) in [5.74, 6) is 0.0233. The number of carbonyl (C=O) groups is 2. The SMILES string of the molecule is COC(=O)c1coc(-c2coc(-c3coc(-c4coc(-c5coc([C@@H]6COC(C)(C)N6C(=O)OC(C)(C)C)n5)n4)n3)n2)n1. The minimum atomic E-state index is -0.940. The van der Waals surface area contributed by atoms with E-state index in [1.54, 1.807) is 34.6 Å². The van der Waals surface area contributed by atoms with E-state index >= 15 is 0 Å². The maximum atomic E-state index is 13.0. The molecule has 0 radical (unpaired) electrons. The lowest BCUT2D eigenvalue weighted by Gasteiger charge is -2.34. The van der Waals surface area contributed by atoms with Crippen LogP contribution in [0.25, 0.3) is 46.3 Å². The summed E-state index contributed by atoms with van der Waals surface area (Å²) < 4.78 is 43.7. The van der Waals surface area contributed by atoms with Crippen molar-refractivity contribution < 1.29 is 45.9 Å². The van der Waals surface area contributed by atoms with Crippen molar-refractivity contribution in [3.05, 3.63) is 42.9 Å². The molecule has 16 nitrogen and oxygen atoms in total. The van der Waals surface area contributed by atoms with E-state index in [1.165, 1.54) is 37.1 Å². The molecule has 0 N–H and O–H groups in total. The number of aromatic nitrogens is 5. The van der Waals surface area contributed by atoms with Gasteiger partial charge in [-0.15, -0.1) is 0 Å². The third-order valence-corrected chi connectivity index (χ3v) is 6.17. The van der Waals surface area contributed by atoms with Gasteiger partial charge in [-0.3, -0.25) is 4.90 Å². The van der Waals surface area contributed by atoms with Crippen molar-refractivity contribution in [2.75, 3.05) is 13.7 Å². The molecular formula is C27H26N6O10. The molecule has 1 aliphatic heterocycles. The maximum Gasteiger partial charge on any atom is 0.413 e. The molecule has 16 heteroatoms. The van der Waals surface area contributed by atoms with Gasteiger partial charge in [0.25, 0.3) is 0 Å². The lowest BCUT2D eigenvalue weighted by molar-refractivity contribution is -0.0634. The van der Waals surface area contributed by atoms with Gasteiger partial charge in [-0.1, -0.05) is 0 Å². The van der Waals surface area contributed by atoms with Crippen LogP contribution in [-0.4, -0.2) is 66.9 Å². The van der Waals surface area contributed by atoms with Crippen LogP contribution >= 0.6 is 0 Å². The molecule has 0 aromatic carbocycles. The zero-order valence-electron chi connectivity index (χ0n) is 23.9. The fraction of sp³-hybridized carbons (Fsp3) is 0.370. The highest BCUT2D eigenvalue weighted by Crippen LogP contribution is 2.38. The summed E-state index contributed by atoms with van der Waals surface area (Å²) in [5, 5.41) is 0. The van der Waals surface area contributed by atoms with Gasteiger partial charge in [0.15, 0.2) is 28.5 Å². The summed E-state index contributed by atoms with van der Waals surface area (Å²) in [6, 6.07) is -0.628. The molecule has 1 saturated heterocycles. The van der Waals surface area contributed by atoms with Gasteiger partial charge in [0.2, 0.25) is 29.5 Å². The standard InChI is InChI=1S/C27H26N6O10/c1-26(2,3)43-25(35)33-18(12-42-27(33,4)5)23-31-16(10-41-23)21-29-14(8-39-21)19-28-13(7-37-19)20-30-15(9-38-20)22-32-17(11-40-22)24(34)36-6/h7-11,18H,12H2,1-6H3/t18-/m0/s1.